The molecule has 1 N–H and O–H groups in total. The van der Waals surface area contributed by atoms with Gasteiger partial charge in [0.25, 0.3) is 5.91 Å². The predicted octanol–water partition coefficient (Wildman–Crippen LogP) is 4.15. The number of anilines is 2. The number of hydrogen-bond acceptors (Lipinski definition) is 3. The van der Waals surface area contributed by atoms with Crippen molar-refractivity contribution >= 4 is 23.2 Å². The molecule has 2 aromatic rings. The highest BCUT2D eigenvalue weighted by atomic mass is 19.4. The van der Waals surface area contributed by atoms with Gasteiger partial charge in [-0.15, -0.1) is 0 Å². The molecule has 0 aromatic heterocycles. The van der Waals surface area contributed by atoms with Gasteiger partial charge in [-0.05, 0) is 50.6 Å². The Labute approximate surface area is 160 Å². The number of amides is 2. The number of aryl methyl sites for hydroxylation is 1. The molecule has 2 unspecified atom stereocenters. The highest BCUT2D eigenvalue weighted by molar-refractivity contribution is 6.08. The quantitative estimate of drug-likeness (QED) is 0.854. The number of fused-ring (bicyclic) bond motifs is 1. The molecule has 0 aliphatic carbocycles. The Hall–Kier alpha value is -3.03. The lowest BCUT2D eigenvalue weighted by Crippen LogP contribution is -2.52. The van der Waals surface area contributed by atoms with E-state index in [1.807, 2.05) is 13.0 Å². The van der Waals surface area contributed by atoms with Crippen LogP contribution in [-0.4, -0.2) is 24.0 Å². The van der Waals surface area contributed by atoms with Gasteiger partial charge in [-0.1, -0.05) is 18.2 Å². The summed E-state index contributed by atoms with van der Waals surface area (Å²) < 4.78 is 45.1. The topological polar surface area (TPSA) is 58.6 Å². The second-order valence-electron chi connectivity index (χ2n) is 6.65. The molecular weight excluding hydrogens is 373 g/mol. The summed E-state index contributed by atoms with van der Waals surface area (Å²) in [5.41, 5.74) is -0.0434. The van der Waals surface area contributed by atoms with Gasteiger partial charge in [0.05, 0.1) is 16.9 Å². The molecular formula is C20H19F3N2O3. The zero-order valence-electron chi connectivity index (χ0n) is 15.5. The minimum absolute atomic E-state index is 0.356. The number of rotatable bonds is 3. The van der Waals surface area contributed by atoms with Gasteiger partial charge in [0, 0.05) is 0 Å². The monoisotopic (exact) mass is 392 g/mol. The van der Waals surface area contributed by atoms with E-state index in [4.69, 9.17) is 4.74 Å². The second kappa shape index (κ2) is 7.18. The average Bonchev–Trinajstić information content (AvgIpc) is 2.62. The number of hydrogen-bond donors (Lipinski definition) is 1. The normalized spacial score (nSPS) is 17.6. The van der Waals surface area contributed by atoms with Crippen molar-refractivity contribution in [3.05, 3.63) is 53.6 Å². The van der Waals surface area contributed by atoms with Gasteiger partial charge in [0.1, 0.15) is 11.8 Å². The highest BCUT2D eigenvalue weighted by Crippen LogP contribution is 2.37. The number of alkyl halides is 3. The van der Waals surface area contributed by atoms with Crippen LogP contribution in [0, 0.1) is 6.92 Å². The van der Waals surface area contributed by atoms with Crippen molar-refractivity contribution in [2.45, 2.75) is 39.1 Å². The molecule has 28 heavy (non-hydrogen) atoms. The van der Waals surface area contributed by atoms with Crippen molar-refractivity contribution in [2.24, 2.45) is 0 Å². The Bertz CT molecular complexity index is 927. The van der Waals surface area contributed by atoms with Crippen LogP contribution < -0.4 is 15.0 Å². The first-order valence-electron chi connectivity index (χ1n) is 8.67. The Kier molecular flexibility index (Phi) is 5.06. The molecule has 0 spiro atoms. The molecule has 0 saturated carbocycles. The van der Waals surface area contributed by atoms with Gasteiger partial charge in [-0.2, -0.15) is 13.2 Å². The zero-order chi connectivity index (χ0) is 20.6. The van der Waals surface area contributed by atoms with Gasteiger partial charge in [-0.3, -0.25) is 14.5 Å². The molecule has 3 rings (SSSR count). The fourth-order valence-electron chi connectivity index (χ4n) is 3.06. The van der Waals surface area contributed by atoms with Crippen molar-refractivity contribution in [2.75, 3.05) is 10.2 Å². The number of halogens is 3. The van der Waals surface area contributed by atoms with Crippen LogP contribution in [0.3, 0.4) is 0 Å². The molecule has 1 heterocycles. The molecule has 8 heteroatoms. The van der Waals surface area contributed by atoms with Crippen molar-refractivity contribution in [3.63, 3.8) is 0 Å². The molecule has 1 aliphatic heterocycles. The third kappa shape index (κ3) is 3.67. The van der Waals surface area contributed by atoms with E-state index in [1.165, 1.54) is 30.0 Å². The van der Waals surface area contributed by atoms with Crippen LogP contribution in [0.25, 0.3) is 0 Å². The molecule has 1 aliphatic rings. The molecule has 2 aromatic carbocycles. The van der Waals surface area contributed by atoms with Gasteiger partial charge in [0.15, 0.2) is 6.10 Å². The standard InChI is InChI=1S/C20H19F3N2O3/c1-11-8-9-17-16(10-11)25(19(27)13(3)28-17)12(2)18(26)24-15-7-5-4-6-14(15)20(21,22)23/h4-10,12-13H,1-3H3,(H,24,26). The smallest absolute Gasteiger partial charge is 0.418 e. The molecule has 2 amide bonds. The number of carbonyl (C=O) groups is 2. The van der Waals surface area contributed by atoms with E-state index in [0.717, 1.165) is 11.6 Å². The first-order chi connectivity index (χ1) is 13.1. The SMILES string of the molecule is Cc1ccc2c(c1)N(C(C)C(=O)Nc1ccccc1C(F)(F)F)C(=O)C(C)O2. The summed E-state index contributed by atoms with van der Waals surface area (Å²) in [6.07, 6.45) is -5.42. The largest absolute Gasteiger partial charge is 0.479 e. The Morgan fingerprint density at radius 1 is 1.21 bits per heavy atom. The van der Waals surface area contributed by atoms with E-state index in [0.29, 0.717) is 11.4 Å². The van der Waals surface area contributed by atoms with E-state index in [9.17, 15) is 22.8 Å². The molecule has 5 nitrogen and oxygen atoms in total. The molecule has 0 fully saturated rings. The van der Waals surface area contributed by atoms with Crippen LogP contribution >= 0.6 is 0 Å². The summed E-state index contributed by atoms with van der Waals surface area (Å²) in [5.74, 6) is -0.732. The maximum Gasteiger partial charge on any atom is 0.418 e. The first kappa shape index (κ1) is 19.7. The summed E-state index contributed by atoms with van der Waals surface area (Å²) in [6.45, 7) is 4.85. The average molecular weight is 392 g/mol. The summed E-state index contributed by atoms with van der Waals surface area (Å²) in [4.78, 5) is 26.7. The van der Waals surface area contributed by atoms with Crippen LogP contribution in [0.15, 0.2) is 42.5 Å². The zero-order valence-corrected chi connectivity index (χ0v) is 15.5. The number of ether oxygens (including phenoxy) is 1. The van der Waals surface area contributed by atoms with E-state index in [1.54, 1.807) is 19.1 Å². The number of para-hydroxylation sites is 1. The number of nitrogens with one attached hydrogen (secondary N) is 1. The van der Waals surface area contributed by atoms with Gasteiger partial charge < -0.3 is 10.1 Å². The van der Waals surface area contributed by atoms with Crippen molar-refractivity contribution in [3.8, 4) is 5.75 Å². The molecule has 0 radical (unpaired) electrons. The number of benzene rings is 2. The molecule has 0 bridgehead atoms. The van der Waals surface area contributed by atoms with Crippen LogP contribution in [0.2, 0.25) is 0 Å². The predicted molar refractivity (Wildman–Crippen MR) is 98.3 cm³/mol. The van der Waals surface area contributed by atoms with E-state index < -0.39 is 35.7 Å². The fourth-order valence-corrected chi connectivity index (χ4v) is 3.06. The van der Waals surface area contributed by atoms with E-state index in [2.05, 4.69) is 5.32 Å². The third-order valence-electron chi connectivity index (χ3n) is 4.52. The number of nitrogens with zero attached hydrogens (tertiary/aromatic N) is 1. The minimum atomic E-state index is -4.61. The number of carbonyl (C=O) groups excluding carboxylic acids is 2. The van der Waals surface area contributed by atoms with E-state index >= 15 is 0 Å². The summed E-state index contributed by atoms with van der Waals surface area (Å²) in [5, 5.41) is 2.30. The summed E-state index contributed by atoms with van der Waals surface area (Å²) >= 11 is 0. The molecule has 0 saturated heterocycles. The molecule has 148 valence electrons. The third-order valence-corrected chi connectivity index (χ3v) is 4.52. The van der Waals surface area contributed by atoms with Crippen LogP contribution in [0.1, 0.15) is 25.0 Å². The Balaban J connectivity index is 1.92. The lowest BCUT2D eigenvalue weighted by molar-refractivity contribution is -0.137. The maximum absolute atomic E-state index is 13.2. The molecule has 2 atom stereocenters. The highest BCUT2D eigenvalue weighted by Gasteiger charge is 2.38. The van der Waals surface area contributed by atoms with Gasteiger partial charge >= 0.3 is 6.18 Å². The Morgan fingerprint density at radius 2 is 1.89 bits per heavy atom. The summed E-state index contributed by atoms with van der Waals surface area (Å²) in [7, 11) is 0. The Morgan fingerprint density at radius 3 is 2.57 bits per heavy atom. The van der Waals surface area contributed by atoms with Crippen molar-refractivity contribution in [1.29, 1.82) is 0 Å². The fraction of sp³-hybridized carbons (Fsp3) is 0.300. The second-order valence-corrected chi connectivity index (χ2v) is 6.65. The van der Waals surface area contributed by atoms with Crippen LogP contribution in [-0.2, 0) is 15.8 Å². The maximum atomic E-state index is 13.2. The lowest BCUT2D eigenvalue weighted by Gasteiger charge is -2.36. The van der Waals surface area contributed by atoms with Crippen molar-refractivity contribution in [1.82, 2.24) is 0 Å². The van der Waals surface area contributed by atoms with Crippen LogP contribution in [0.4, 0.5) is 24.5 Å². The van der Waals surface area contributed by atoms with Gasteiger partial charge in [0.2, 0.25) is 5.91 Å². The van der Waals surface area contributed by atoms with Crippen LogP contribution in [0.5, 0.6) is 5.75 Å². The first-order valence-corrected chi connectivity index (χ1v) is 8.67. The van der Waals surface area contributed by atoms with Gasteiger partial charge in [-0.25, -0.2) is 0 Å². The van der Waals surface area contributed by atoms with Crippen molar-refractivity contribution < 1.29 is 27.5 Å². The summed E-state index contributed by atoms with van der Waals surface area (Å²) in [6, 6.07) is 8.88. The van der Waals surface area contributed by atoms with E-state index in [-0.39, 0.29) is 5.69 Å². The minimum Gasteiger partial charge on any atom is -0.479 e. The lowest BCUT2D eigenvalue weighted by atomic mass is 10.1.